The average Bonchev–Trinajstić information content (AvgIpc) is 2.43. The van der Waals surface area contributed by atoms with E-state index in [2.05, 4.69) is 5.32 Å². The first-order valence-electron chi connectivity index (χ1n) is 6.30. The standard InChI is InChI=1S/C14H16FNO3/c15-8-12(14(18)19)16-13(17)11-7-3-5-9-4-1-2-6-10(9)11/h1-2,4,6,11-12H,3,5,7-8H2,(H,16,17)(H,18,19). The molecule has 102 valence electrons. The van der Waals surface area contributed by atoms with Gasteiger partial charge in [-0.3, -0.25) is 4.79 Å². The molecule has 1 aromatic rings. The van der Waals surface area contributed by atoms with Crippen LogP contribution in [0.15, 0.2) is 24.3 Å². The Kier molecular flexibility index (Phi) is 4.14. The summed E-state index contributed by atoms with van der Waals surface area (Å²) in [6.07, 6.45) is 2.47. The van der Waals surface area contributed by atoms with Gasteiger partial charge in [-0.1, -0.05) is 24.3 Å². The lowest BCUT2D eigenvalue weighted by Crippen LogP contribution is -2.44. The number of fused-ring (bicyclic) bond motifs is 1. The highest BCUT2D eigenvalue weighted by Gasteiger charge is 2.29. The summed E-state index contributed by atoms with van der Waals surface area (Å²) in [4.78, 5) is 22.8. The molecule has 0 radical (unpaired) electrons. The van der Waals surface area contributed by atoms with E-state index in [1.807, 2.05) is 24.3 Å². The van der Waals surface area contributed by atoms with Crippen LogP contribution in [0.25, 0.3) is 0 Å². The second kappa shape index (κ2) is 5.82. The van der Waals surface area contributed by atoms with E-state index in [1.165, 1.54) is 0 Å². The molecule has 0 spiro atoms. The van der Waals surface area contributed by atoms with Gasteiger partial charge in [-0.05, 0) is 30.4 Å². The molecule has 0 bridgehead atoms. The number of amides is 1. The number of aryl methyl sites for hydroxylation is 1. The Labute approximate surface area is 110 Å². The minimum Gasteiger partial charge on any atom is -0.480 e. The summed E-state index contributed by atoms with van der Waals surface area (Å²) in [7, 11) is 0. The van der Waals surface area contributed by atoms with E-state index in [4.69, 9.17) is 5.11 Å². The Morgan fingerprint density at radius 1 is 1.42 bits per heavy atom. The fraction of sp³-hybridized carbons (Fsp3) is 0.429. The van der Waals surface area contributed by atoms with Crippen LogP contribution in [-0.4, -0.2) is 29.7 Å². The molecule has 0 saturated heterocycles. The number of carbonyl (C=O) groups excluding carboxylic acids is 1. The van der Waals surface area contributed by atoms with Crippen molar-refractivity contribution >= 4 is 11.9 Å². The quantitative estimate of drug-likeness (QED) is 0.869. The van der Waals surface area contributed by atoms with Gasteiger partial charge in [0.15, 0.2) is 6.04 Å². The zero-order chi connectivity index (χ0) is 13.8. The third kappa shape index (κ3) is 2.92. The van der Waals surface area contributed by atoms with Gasteiger partial charge >= 0.3 is 5.97 Å². The highest BCUT2D eigenvalue weighted by atomic mass is 19.1. The number of rotatable bonds is 4. The molecule has 4 nitrogen and oxygen atoms in total. The number of hydrogen-bond acceptors (Lipinski definition) is 2. The number of halogens is 1. The predicted molar refractivity (Wildman–Crippen MR) is 67.7 cm³/mol. The van der Waals surface area contributed by atoms with Gasteiger partial charge < -0.3 is 10.4 Å². The number of hydrogen-bond donors (Lipinski definition) is 2. The molecular weight excluding hydrogens is 249 g/mol. The van der Waals surface area contributed by atoms with Crippen LogP contribution in [-0.2, 0) is 16.0 Å². The fourth-order valence-corrected chi connectivity index (χ4v) is 2.46. The lowest BCUT2D eigenvalue weighted by molar-refractivity contribution is -0.142. The van der Waals surface area contributed by atoms with Gasteiger partial charge in [0, 0.05) is 0 Å². The molecule has 0 fully saturated rings. The topological polar surface area (TPSA) is 66.4 Å². The van der Waals surface area contributed by atoms with E-state index in [0.29, 0.717) is 6.42 Å². The summed E-state index contributed by atoms with van der Waals surface area (Å²) in [5, 5.41) is 11.0. The molecule has 0 aliphatic heterocycles. The number of benzene rings is 1. The third-order valence-corrected chi connectivity index (χ3v) is 3.45. The smallest absolute Gasteiger partial charge is 0.328 e. The number of carboxylic acid groups (broad SMARTS) is 1. The summed E-state index contributed by atoms with van der Waals surface area (Å²) in [6.45, 7) is -1.10. The SMILES string of the molecule is O=C(O)C(CF)NC(=O)C1CCCc2ccccc21. The Balaban J connectivity index is 2.15. The van der Waals surface area contributed by atoms with Crippen molar-refractivity contribution in [1.82, 2.24) is 5.32 Å². The Hall–Kier alpha value is -1.91. The van der Waals surface area contributed by atoms with Crippen LogP contribution in [0.5, 0.6) is 0 Å². The fourth-order valence-electron chi connectivity index (χ4n) is 2.46. The Morgan fingerprint density at radius 3 is 2.84 bits per heavy atom. The molecule has 2 N–H and O–H groups in total. The van der Waals surface area contributed by atoms with E-state index in [-0.39, 0.29) is 5.92 Å². The second-order valence-corrected chi connectivity index (χ2v) is 4.70. The highest BCUT2D eigenvalue weighted by Crippen LogP contribution is 2.31. The van der Waals surface area contributed by atoms with Crippen molar-refractivity contribution in [3.05, 3.63) is 35.4 Å². The first-order valence-corrected chi connectivity index (χ1v) is 6.30. The van der Waals surface area contributed by atoms with Crippen LogP contribution in [0.1, 0.15) is 29.9 Å². The van der Waals surface area contributed by atoms with Crippen LogP contribution in [0, 0.1) is 0 Å². The molecule has 2 rings (SSSR count). The minimum absolute atomic E-state index is 0.377. The van der Waals surface area contributed by atoms with E-state index >= 15 is 0 Å². The summed E-state index contributed by atoms with van der Waals surface area (Å²) < 4.78 is 12.5. The molecule has 0 heterocycles. The van der Waals surface area contributed by atoms with Crippen molar-refractivity contribution in [3.63, 3.8) is 0 Å². The maximum Gasteiger partial charge on any atom is 0.328 e. The van der Waals surface area contributed by atoms with Crippen molar-refractivity contribution in [2.45, 2.75) is 31.2 Å². The summed E-state index contributed by atoms with van der Waals surface area (Å²) >= 11 is 0. The van der Waals surface area contributed by atoms with Crippen molar-refractivity contribution < 1.29 is 19.1 Å². The molecule has 2 atom stereocenters. The third-order valence-electron chi connectivity index (χ3n) is 3.45. The average molecular weight is 265 g/mol. The van der Waals surface area contributed by atoms with Crippen LogP contribution < -0.4 is 5.32 Å². The van der Waals surface area contributed by atoms with Crippen LogP contribution >= 0.6 is 0 Å². The first-order chi connectivity index (χ1) is 9.13. The lowest BCUT2D eigenvalue weighted by Gasteiger charge is -2.25. The number of carboxylic acids is 1. The van der Waals surface area contributed by atoms with Gasteiger partial charge in [0.2, 0.25) is 5.91 Å². The van der Waals surface area contributed by atoms with Gasteiger partial charge in [-0.15, -0.1) is 0 Å². The number of nitrogens with one attached hydrogen (secondary N) is 1. The lowest BCUT2D eigenvalue weighted by atomic mass is 9.82. The van der Waals surface area contributed by atoms with E-state index < -0.39 is 24.6 Å². The molecule has 1 aliphatic carbocycles. The molecule has 1 amide bonds. The molecule has 19 heavy (non-hydrogen) atoms. The predicted octanol–water partition coefficient (Wildman–Crippen LogP) is 1.65. The van der Waals surface area contributed by atoms with Gasteiger partial charge in [0.25, 0.3) is 0 Å². The molecule has 2 unspecified atom stereocenters. The number of alkyl halides is 1. The van der Waals surface area contributed by atoms with Gasteiger partial charge in [-0.2, -0.15) is 0 Å². The van der Waals surface area contributed by atoms with E-state index in [1.54, 1.807) is 0 Å². The molecular formula is C14H16FNO3. The summed E-state index contributed by atoms with van der Waals surface area (Å²) in [6, 6.07) is 6.17. The van der Waals surface area contributed by atoms with Crippen LogP contribution in [0.3, 0.4) is 0 Å². The first kappa shape index (κ1) is 13.5. The molecule has 0 aromatic heterocycles. The Bertz CT molecular complexity index is 489. The monoisotopic (exact) mass is 265 g/mol. The normalized spacial score (nSPS) is 19.3. The molecule has 1 aromatic carbocycles. The minimum atomic E-state index is -1.46. The van der Waals surface area contributed by atoms with Crippen LogP contribution in [0.2, 0.25) is 0 Å². The van der Waals surface area contributed by atoms with Crippen molar-refractivity contribution in [2.75, 3.05) is 6.67 Å². The maximum atomic E-state index is 12.5. The zero-order valence-electron chi connectivity index (χ0n) is 10.4. The molecule has 0 saturated carbocycles. The van der Waals surface area contributed by atoms with Gasteiger partial charge in [0.05, 0.1) is 5.92 Å². The van der Waals surface area contributed by atoms with Gasteiger partial charge in [-0.25, -0.2) is 9.18 Å². The Morgan fingerprint density at radius 2 is 2.16 bits per heavy atom. The van der Waals surface area contributed by atoms with Crippen molar-refractivity contribution in [3.8, 4) is 0 Å². The molecule has 1 aliphatic rings. The van der Waals surface area contributed by atoms with Gasteiger partial charge in [0.1, 0.15) is 6.67 Å². The largest absolute Gasteiger partial charge is 0.480 e. The van der Waals surface area contributed by atoms with E-state index in [0.717, 1.165) is 24.0 Å². The zero-order valence-corrected chi connectivity index (χ0v) is 10.4. The maximum absolute atomic E-state index is 12.5. The second-order valence-electron chi connectivity index (χ2n) is 4.70. The van der Waals surface area contributed by atoms with E-state index in [9.17, 15) is 14.0 Å². The van der Waals surface area contributed by atoms with Crippen molar-refractivity contribution in [2.24, 2.45) is 0 Å². The van der Waals surface area contributed by atoms with Crippen molar-refractivity contribution in [1.29, 1.82) is 0 Å². The number of aliphatic carboxylic acids is 1. The summed E-state index contributed by atoms with van der Waals surface area (Å²) in [5.41, 5.74) is 2.04. The van der Waals surface area contributed by atoms with Crippen LogP contribution in [0.4, 0.5) is 4.39 Å². The summed E-state index contributed by atoms with van der Waals surface area (Å²) in [5.74, 6) is -2.13. The number of carbonyl (C=O) groups is 2. The highest BCUT2D eigenvalue weighted by molar-refractivity contribution is 5.88. The molecule has 5 heteroatoms.